The fourth-order valence-corrected chi connectivity index (χ4v) is 2.98. The Bertz CT molecular complexity index is 918. The lowest BCUT2D eigenvalue weighted by Crippen LogP contribution is -2.27. The van der Waals surface area contributed by atoms with E-state index in [0.29, 0.717) is 17.2 Å². The van der Waals surface area contributed by atoms with E-state index in [1.807, 2.05) is 57.2 Å². The summed E-state index contributed by atoms with van der Waals surface area (Å²) in [6, 6.07) is 14.9. The number of aromatic nitrogens is 2. The SMILES string of the molecule is CCOc1ccc(C(C)NC(=O)c2cnn(-c3ccc(Cl)cc3)c2C)cc1. The molecule has 1 heterocycles. The van der Waals surface area contributed by atoms with Crippen molar-refractivity contribution in [1.29, 1.82) is 0 Å². The summed E-state index contributed by atoms with van der Waals surface area (Å²) in [5.41, 5.74) is 3.18. The molecule has 0 saturated carbocycles. The van der Waals surface area contributed by atoms with Gasteiger partial charge in [0.25, 0.3) is 5.91 Å². The van der Waals surface area contributed by atoms with Gasteiger partial charge < -0.3 is 10.1 Å². The molecule has 6 heteroatoms. The molecule has 3 rings (SSSR count). The standard InChI is InChI=1S/C21H22ClN3O2/c1-4-27-19-11-5-16(6-12-19)14(2)24-21(26)20-13-23-25(15(20)3)18-9-7-17(22)8-10-18/h5-14H,4H2,1-3H3,(H,24,26). The lowest BCUT2D eigenvalue weighted by atomic mass is 10.1. The zero-order valence-electron chi connectivity index (χ0n) is 15.6. The number of carbonyl (C=O) groups excluding carboxylic acids is 1. The Morgan fingerprint density at radius 2 is 1.85 bits per heavy atom. The molecule has 0 saturated heterocycles. The van der Waals surface area contributed by atoms with E-state index in [1.165, 1.54) is 0 Å². The summed E-state index contributed by atoms with van der Waals surface area (Å²) in [7, 11) is 0. The molecule has 0 aliphatic carbocycles. The minimum Gasteiger partial charge on any atom is -0.494 e. The van der Waals surface area contributed by atoms with Crippen LogP contribution in [0.1, 0.15) is 41.5 Å². The van der Waals surface area contributed by atoms with E-state index in [4.69, 9.17) is 16.3 Å². The summed E-state index contributed by atoms with van der Waals surface area (Å²) in [4.78, 5) is 12.7. The maximum absolute atomic E-state index is 12.7. The van der Waals surface area contributed by atoms with Gasteiger partial charge in [-0.25, -0.2) is 4.68 Å². The molecule has 140 valence electrons. The molecule has 27 heavy (non-hydrogen) atoms. The molecule has 2 aromatic carbocycles. The predicted molar refractivity (Wildman–Crippen MR) is 107 cm³/mol. The van der Waals surface area contributed by atoms with Crippen LogP contribution in [0.25, 0.3) is 5.69 Å². The molecule has 1 aromatic heterocycles. The maximum atomic E-state index is 12.7. The normalized spacial score (nSPS) is 11.9. The largest absolute Gasteiger partial charge is 0.494 e. The second-order valence-corrected chi connectivity index (χ2v) is 6.67. The summed E-state index contributed by atoms with van der Waals surface area (Å²) in [6.45, 7) is 6.40. The van der Waals surface area contributed by atoms with Gasteiger partial charge in [0, 0.05) is 5.02 Å². The molecule has 0 aliphatic heterocycles. The summed E-state index contributed by atoms with van der Waals surface area (Å²) in [5.74, 6) is 0.661. The Morgan fingerprint density at radius 1 is 1.19 bits per heavy atom. The van der Waals surface area contributed by atoms with E-state index >= 15 is 0 Å². The third-order valence-corrected chi connectivity index (χ3v) is 4.62. The fraction of sp³-hybridized carbons (Fsp3) is 0.238. The first kappa shape index (κ1) is 19.0. The lowest BCUT2D eigenvalue weighted by molar-refractivity contribution is 0.0939. The maximum Gasteiger partial charge on any atom is 0.255 e. The van der Waals surface area contributed by atoms with Gasteiger partial charge in [0.15, 0.2) is 0 Å². The topological polar surface area (TPSA) is 56.1 Å². The van der Waals surface area contributed by atoms with Crippen LogP contribution >= 0.6 is 11.6 Å². The van der Waals surface area contributed by atoms with Gasteiger partial charge in [-0.3, -0.25) is 4.79 Å². The van der Waals surface area contributed by atoms with Crippen molar-refractivity contribution >= 4 is 17.5 Å². The van der Waals surface area contributed by atoms with Gasteiger partial charge in [0.2, 0.25) is 0 Å². The molecular weight excluding hydrogens is 362 g/mol. The molecule has 1 atom stereocenters. The lowest BCUT2D eigenvalue weighted by Gasteiger charge is -2.15. The van der Waals surface area contributed by atoms with Gasteiger partial charge in [-0.2, -0.15) is 5.10 Å². The highest BCUT2D eigenvalue weighted by Crippen LogP contribution is 2.20. The number of hydrogen-bond acceptors (Lipinski definition) is 3. The van der Waals surface area contributed by atoms with Crippen molar-refractivity contribution in [2.45, 2.75) is 26.8 Å². The quantitative estimate of drug-likeness (QED) is 0.669. The van der Waals surface area contributed by atoms with Gasteiger partial charge in [0.1, 0.15) is 5.75 Å². The fourth-order valence-electron chi connectivity index (χ4n) is 2.85. The Labute approximate surface area is 163 Å². The van der Waals surface area contributed by atoms with Crippen molar-refractivity contribution in [3.63, 3.8) is 0 Å². The third-order valence-electron chi connectivity index (χ3n) is 4.36. The van der Waals surface area contributed by atoms with Crippen molar-refractivity contribution in [2.75, 3.05) is 6.61 Å². The molecule has 1 amide bonds. The molecule has 0 bridgehead atoms. The van der Waals surface area contributed by atoms with Gasteiger partial charge in [-0.15, -0.1) is 0 Å². The minimum absolute atomic E-state index is 0.133. The van der Waals surface area contributed by atoms with Crippen molar-refractivity contribution < 1.29 is 9.53 Å². The number of halogens is 1. The Hall–Kier alpha value is -2.79. The Balaban J connectivity index is 1.73. The van der Waals surface area contributed by atoms with E-state index in [-0.39, 0.29) is 11.9 Å². The highest BCUT2D eigenvalue weighted by molar-refractivity contribution is 6.30. The van der Waals surface area contributed by atoms with E-state index in [1.54, 1.807) is 23.0 Å². The van der Waals surface area contributed by atoms with Crippen LogP contribution in [-0.2, 0) is 0 Å². The molecule has 3 aromatic rings. The van der Waals surface area contributed by atoms with Gasteiger partial charge in [0.05, 0.1) is 35.8 Å². The molecule has 5 nitrogen and oxygen atoms in total. The number of hydrogen-bond donors (Lipinski definition) is 1. The average molecular weight is 384 g/mol. The average Bonchev–Trinajstić information content (AvgIpc) is 3.05. The predicted octanol–water partition coefficient (Wildman–Crippen LogP) is 4.72. The van der Waals surface area contributed by atoms with Crippen LogP contribution in [0.4, 0.5) is 0 Å². The molecule has 1 N–H and O–H groups in total. The molecule has 1 unspecified atom stereocenters. The summed E-state index contributed by atoms with van der Waals surface area (Å²) in [5, 5.41) is 8.03. The molecule has 0 radical (unpaired) electrons. The van der Waals surface area contributed by atoms with Crippen LogP contribution in [0.2, 0.25) is 5.02 Å². The minimum atomic E-state index is -0.158. The molecular formula is C21H22ClN3O2. The van der Waals surface area contributed by atoms with Crippen LogP contribution in [0.5, 0.6) is 5.75 Å². The first-order valence-electron chi connectivity index (χ1n) is 8.83. The van der Waals surface area contributed by atoms with Crippen molar-refractivity contribution in [1.82, 2.24) is 15.1 Å². The monoisotopic (exact) mass is 383 g/mol. The zero-order chi connectivity index (χ0) is 19.4. The number of amides is 1. The summed E-state index contributed by atoms with van der Waals surface area (Å²) < 4.78 is 7.18. The number of ether oxygens (including phenoxy) is 1. The number of carbonyl (C=O) groups is 1. The van der Waals surface area contributed by atoms with E-state index in [0.717, 1.165) is 22.7 Å². The first-order chi connectivity index (χ1) is 13.0. The highest BCUT2D eigenvalue weighted by Gasteiger charge is 2.17. The summed E-state index contributed by atoms with van der Waals surface area (Å²) >= 11 is 5.94. The molecule has 0 spiro atoms. The Morgan fingerprint density at radius 3 is 2.48 bits per heavy atom. The van der Waals surface area contributed by atoms with Crippen molar-refractivity contribution in [3.05, 3.63) is 76.6 Å². The smallest absolute Gasteiger partial charge is 0.255 e. The number of nitrogens with zero attached hydrogens (tertiary/aromatic N) is 2. The van der Waals surface area contributed by atoms with E-state index < -0.39 is 0 Å². The van der Waals surface area contributed by atoms with Gasteiger partial charge in [-0.1, -0.05) is 23.7 Å². The van der Waals surface area contributed by atoms with Crippen LogP contribution in [-0.4, -0.2) is 22.3 Å². The molecule has 0 fully saturated rings. The van der Waals surface area contributed by atoms with Crippen molar-refractivity contribution in [3.8, 4) is 11.4 Å². The summed E-state index contributed by atoms with van der Waals surface area (Å²) in [6.07, 6.45) is 1.59. The van der Waals surface area contributed by atoms with Crippen LogP contribution in [0, 0.1) is 6.92 Å². The van der Waals surface area contributed by atoms with E-state index in [9.17, 15) is 4.79 Å². The number of nitrogens with one attached hydrogen (secondary N) is 1. The number of rotatable bonds is 6. The number of benzene rings is 2. The second kappa shape index (κ2) is 8.27. The molecule has 0 aliphatic rings. The second-order valence-electron chi connectivity index (χ2n) is 6.23. The third kappa shape index (κ3) is 4.31. The van der Waals surface area contributed by atoms with Gasteiger partial charge in [-0.05, 0) is 62.7 Å². The van der Waals surface area contributed by atoms with Crippen LogP contribution in [0.3, 0.4) is 0 Å². The zero-order valence-corrected chi connectivity index (χ0v) is 16.3. The van der Waals surface area contributed by atoms with Crippen LogP contribution < -0.4 is 10.1 Å². The van der Waals surface area contributed by atoms with E-state index in [2.05, 4.69) is 10.4 Å². The first-order valence-corrected chi connectivity index (χ1v) is 9.21. The van der Waals surface area contributed by atoms with Crippen molar-refractivity contribution in [2.24, 2.45) is 0 Å². The van der Waals surface area contributed by atoms with Gasteiger partial charge >= 0.3 is 0 Å². The highest BCUT2D eigenvalue weighted by atomic mass is 35.5. The van der Waals surface area contributed by atoms with Crippen LogP contribution in [0.15, 0.2) is 54.7 Å². The Kier molecular flexibility index (Phi) is 5.81.